The third-order valence-corrected chi connectivity index (χ3v) is 6.17. The average Bonchev–Trinajstić information content (AvgIpc) is 3.45. The average molecular weight is 443 g/mol. The maximum absolute atomic E-state index is 12.4. The number of halogens is 4. The summed E-state index contributed by atoms with van der Waals surface area (Å²) in [5, 5.41) is 10.8. The standard InChI is InChI=1S/C20H26ClF3N6/c1-30-17(8-12-2-3-12)15(9-27-30)18-16(21)10-25-19(29-18)28-14-6-4-13(5-7-14)26-11-20(22,23)24/h9-10,12-14,26H,2-8,11H2,1H3,(H,25,28,29)/t13-,14-. The fourth-order valence-corrected chi connectivity index (χ4v) is 4.20. The molecule has 2 fully saturated rings. The number of hydrogen-bond donors (Lipinski definition) is 2. The second-order valence-corrected chi connectivity index (χ2v) is 8.76. The molecule has 2 aliphatic rings. The summed E-state index contributed by atoms with van der Waals surface area (Å²) in [7, 11) is 1.93. The quantitative estimate of drug-likeness (QED) is 0.667. The van der Waals surface area contributed by atoms with Crippen LogP contribution in [0.4, 0.5) is 19.1 Å². The monoisotopic (exact) mass is 442 g/mol. The second kappa shape index (κ2) is 8.70. The van der Waals surface area contributed by atoms with Crippen molar-refractivity contribution >= 4 is 17.5 Å². The van der Waals surface area contributed by atoms with E-state index in [0.717, 1.165) is 30.5 Å². The van der Waals surface area contributed by atoms with E-state index in [9.17, 15) is 13.2 Å². The Morgan fingerprint density at radius 2 is 1.80 bits per heavy atom. The van der Waals surface area contributed by atoms with E-state index in [0.29, 0.717) is 35.4 Å². The van der Waals surface area contributed by atoms with Gasteiger partial charge in [-0.25, -0.2) is 9.97 Å². The van der Waals surface area contributed by atoms with Crippen LogP contribution < -0.4 is 10.6 Å². The number of hydrogen-bond acceptors (Lipinski definition) is 5. The molecule has 0 atom stereocenters. The van der Waals surface area contributed by atoms with E-state index < -0.39 is 12.7 Å². The third-order valence-electron chi connectivity index (χ3n) is 5.89. The van der Waals surface area contributed by atoms with Gasteiger partial charge in [0.25, 0.3) is 0 Å². The molecule has 0 spiro atoms. The molecule has 0 saturated heterocycles. The Kier molecular flexibility index (Phi) is 6.20. The first-order valence-electron chi connectivity index (χ1n) is 10.4. The van der Waals surface area contributed by atoms with Crippen LogP contribution in [0.5, 0.6) is 0 Å². The van der Waals surface area contributed by atoms with E-state index in [1.165, 1.54) is 12.8 Å². The molecule has 0 aromatic carbocycles. The molecular weight excluding hydrogens is 417 g/mol. The second-order valence-electron chi connectivity index (χ2n) is 8.36. The number of aromatic nitrogens is 4. The normalized spacial score (nSPS) is 22.3. The van der Waals surface area contributed by atoms with Gasteiger partial charge in [0.1, 0.15) is 0 Å². The fraction of sp³-hybridized carbons (Fsp3) is 0.650. The van der Waals surface area contributed by atoms with E-state index in [1.807, 2.05) is 11.7 Å². The minimum Gasteiger partial charge on any atom is -0.351 e. The molecule has 2 heterocycles. The highest BCUT2D eigenvalue weighted by Crippen LogP contribution is 2.37. The van der Waals surface area contributed by atoms with Gasteiger partial charge < -0.3 is 10.6 Å². The summed E-state index contributed by atoms with van der Waals surface area (Å²) in [5.74, 6) is 1.20. The van der Waals surface area contributed by atoms with Crippen LogP contribution in [0.25, 0.3) is 11.3 Å². The smallest absolute Gasteiger partial charge is 0.351 e. The molecule has 0 unspecified atom stereocenters. The zero-order valence-corrected chi connectivity index (χ0v) is 17.6. The van der Waals surface area contributed by atoms with Crippen LogP contribution in [0.1, 0.15) is 44.2 Å². The number of nitrogens with one attached hydrogen (secondary N) is 2. The van der Waals surface area contributed by atoms with E-state index in [2.05, 4.69) is 25.7 Å². The zero-order chi connectivity index (χ0) is 21.3. The van der Waals surface area contributed by atoms with E-state index in [1.54, 1.807) is 12.4 Å². The van der Waals surface area contributed by atoms with Gasteiger partial charge >= 0.3 is 6.18 Å². The molecule has 164 valence electrons. The molecule has 2 aliphatic carbocycles. The molecule has 2 aromatic heterocycles. The maximum atomic E-state index is 12.4. The first-order valence-corrected chi connectivity index (χ1v) is 10.8. The number of anilines is 1. The highest BCUT2D eigenvalue weighted by Gasteiger charge is 2.30. The minimum absolute atomic E-state index is 0.105. The Balaban J connectivity index is 1.40. The summed E-state index contributed by atoms with van der Waals surface area (Å²) in [4.78, 5) is 8.96. The van der Waals surface area contributed by atoms with Crippen molar-refractivity contribution in [2.24, 2.45) is 13.0 Å². The summed E-state index contributed by atoms with van der Waals surface area (Å²) in [6.45, 7) is -0.937. The Bertz CT molecular complexity index is 872. The lowest BCUT2D eigenvalue weighted by molar-refractivity contribution is -0.126. The van der Waals surface area contributed by atoms with Gasteiger partial charge in [-0.1, -0.05) is 11.6 Å². The van der Waals surface area contributed by atoms with Crippen molar-refractivity contribution in [1.82, 2.24) is 25.1 Å². The largest absolute Gasteiger partial charge is 0.401 e. The van der Waals surface area contributed by atoms with Crippen molar-refractivity contribution in [1.29, 1.82) is 0 Å². The van der Waals surface area contributed by atoms with Gasteiger partial charge in [-0.05, 0) is 50.9 Å². The topological polar surface area (TPSA) is 67.7 Å². The Labute approximate surface area is 178 Å². The van der Waals surface area contributed by atoms with Crippen molar-refractivity contribution in [2.45, 2.75) is 63.2 Å². The van der Waals surface area contributed by atoms with Crippen LogP contribution in [0.3, 0.4) is 0 Å². The predicted molar refractivity (Wildman–Crippen MR) is 109 cm³/mol. The lowest BCUT2D eigenvalue weighted by atomic mass is 9.91. The summed E-state index contributed by atoms with van der Waals surface area (Å²) in [5.41, 5.74) is 2.72. The Morgan fingerprint density at radius 3 is 2.47 bits per heavy atom. The van der Waals surface area contributed by atoms with Gasteiger partial charge in [-0.3, -0.25) is 4.68 Å². The highest BCUT2D eigenvalue weighted by atomic mass is 35.5. The first kappa shape index (κ1) is 21.4. The molecule has 10 heteroatoms. The Morgan fingerprint density at radius 1 is 1.10 bits per heavy atom. The minimum atomic E-state index is -4.17. The first-order chi connectivity index (χ1) is 14.3. The summed E-state index contributed by atoms with van der Waals surface area (Å²) >= 11 is 6.41. The zero-order valence-electron chi connectivity index (χ0n) is 16.8. The molecule has 2 saturated carbocycles. The third kappa shape index (κ3) is 5.43. The van der Waals surface area contributed by atoms with Crippen molar-refractivity contribution < 1.29 is 13.2 Å². The number of rotatable bonds is 7. The maximum Gasteiger partial charge on any atom is 0.401 e. The van der Waals surface area contributed by atoms with Crippen LogP contribution >= 0.6 is 11.6 Å². The molecule has 2 aromatic rings. The van der Waals surface area contributed by atoms with Crippen molar-refractivity contribution in [3.05, 3.63) is 23.1 Å². The summed E-state index contributed by atoms with van der Waals surface area (Å²) in [6.07, 6.45) is 5.56. The van der Waals surface area contributed by atoms with E-state index in [-0.39, 0.29) is 12.1 Å². The van der Waals surface area contributed by atoms with Gasteiger partial charge in [0.15, 0.2) is 0 Å². The molecule has 30 heavy (non-hydrogen) atoms. The highest BCUT2D eigenvalue weighted by molar-refractivity contribution is 6.32. The van der Waals surface area contributed by atoms with Gasteiger partial charge in [0.2, 0.25) is 5.95 Å². The SMILES string of the molecule is Cn1ncc(-c2nc(N[C@H]3CC[C@H](NCC(F)(F)F)CC3)ncc2Cl)c1CC1CC1. The van der Waals surface area contributed by atoms with Crippen LogP contribution in [-0.4, -0.2) is 44.6 Å². The molecule has 0 radical (unpaired) electrons. The molecule has 0 bridgehead atoms. The summed E-state index contributed by atoms with van der Waals surface area (Å²) < 4.78 is 39.0. The van der Waals surface area contributed by atoms with E-state index >= 15 is 0 Å². The number of alkyl halides is 3. The van der Waals surface area contributed by atoms with Crippen molar-refractivity contribution in [2.75, 3.05) is 11.9 Å². The molecule has 6 nitrogen and oxygen atoms in total. The lowest BCUT2D eigenvalue weighted by Gasteiger charge is -2.30. The van der Waals surface area contributed by atoms with Gasteiger partial charge in [-0.15, -0.1) is 0 Å². The van der Waals surface area contributed by atoms with Crippen LogP contribution in [0, 0.1) is 5.92 Å². The molecule has 2 N–H and O–H groups in total. The molecule has 0 amide bonds. The van der Waals surface area contributed by atoms with Crippen molar-refractivity contribution in [3.63, 3.8) is 0 Å². The summed E-state index contributed by atoms with van der Waals surface area (Å²) in [6, 6.07) is 0.0227. The number of nitrogens with zero attached hydrogens (tertiary/aromatic N) is 4. The van der Waals surface area contributed by atoms with Crippen LogP contribution in [0.15, 0.2) is 12.4 Å². The number of aryl methyl sites for hydroxylation is 1. The van der Waals surface area contributed by atoms with Crippen LogP contribution in [0.2, 0.25) is 5.02 Å². The van der Waals surface area contributed by atoms with Gasteiger partial charge in [0, 0.05) is 30.4 Å². The Hall–Kier alpha value is -1.87. The van der Waals surface area contributed by atoms with Crippen molar-refractivity contribution in [3.8, 4) is 11.3 Å². The molecular formula is C20H26ClF3N6. The van der Waals surface area contributed by atoms with Gasteiger partial charge in [-0.2, -0.15) is 18.3 Å². The van der Waals surface area contributed by atoms with E-state index in [4.69, 9.17) is 11.6 Å². The fourth-order valence-electron chi connectivity index (χ4n) is 4.01. The lowest BCUT2D eigenvalue weighted by Crippen LogP contribution is -2.41. The molecule has 4 rings (SSSR count). The molecule has 0 aliphatic heterocycles. The van der Waals surface area contributed by atoms with Crippen LogP contribution in [-0.2, 0) is 13.5 Å². The van der Waals surface area contributed by atoms with Gasteiger partial charge in [0.05, 0.1) is 29.7 Å². The predicted octanol–water partition coefficient (Wildman–Crippen LogP) is 4.36.